The lowest BCUT2D eigenvalue weighted by Crippen LogP contribution is -2.18. The van der Waals surface area contributed by atoms with Crippen molar-refractivity contribution < 1.29 is 5.11 Å². The van der Waals surface area contributed by atoms with Crippen molar-refractivity contribution in [3.05, 3.63) is 34.9 Å². The van der Waals surface area contributed by atoms with Crippen LogP contribution in [0.15, 0.2) is 18.2 Å². The van der Waals surface area contributed by atoms with Gasteiger partial charge in [-0.2, -0.15) is 0 Å². The van der Waals surface area contributed by atoms with Crippen LogP contribution in [-0.4, -0.2) is 11.2 Å². The van der Waals surface area contributed by atoms with Crippen molar-refractivity contribution in [3.63, 3.8) is 0 Å². The van der Waals surface area contributed by atoms with Gasteiger partial charge in [-0.05, 0) is 52.2 Å². The second-order valence-corrected chi connectivity index (χ2v) is 9.21. The molecule has 1 fully saturated rings. The molecule has 0 amide bonds. The summed E-state index contributed by atoms with van der Waals surface area (Å²) >= 11 is 0. The third-order valence-electron chi connectivity index (χ3n) is 5.04. The zero-order chi connectivity index (χ0) is 16.7. The summed E-state index contributed by atoms with van der Waals surface area (Å²) in [5, 5.41) is 9.94. The highest BCUT2D eigenvalue weighted by Crippen LogP contribution is 2.46. The Balaban J connectivity index is 2.49. The molecule has 0 bridgehead atoms. The molecule has 0 saturated heterocycles. The number of benzene rings is 1. The Bertz CT molecular complexity index is 483. The monoisotopic (exact) mass is 302 g/mol. The molecule has 0 aliphatic heterocycles. The van der Waals surface area contributed by atoms with E-state index < -0.39 is 0 Å². The molecular weight excluding hydrogens is 268 g/mol. The van der Waals surface area contributed by atoms with E-state index in [9.17, 15) is 5.11 Å². The summed E-state index contributed by atoms with van der Waals surface area (Å²) < 4.78 is 0. The second kappa shape index (κ2) is 6.00. The summed E-state index contributed by atoms with van der Waals surface area (Å²) in [5.41, 5.74) is 4.61. The van der Waals surface area contributed by atoms with Crippen LogP contribution in [0.4, 0.5) is 0 Å². The van der Waals surface area contributed by atoms with Crippen LogP contribution < -0.4 is 0 Å². The van der Waals surface area contributed by atoms with Crippen LogP contribution >= 0.6 is 0 Å². The Labute approximate surface area is 137 Å². The first-order valence-corrected chi connectivity index (χ1v) is 8.88. The SMILES string of the molecule is CCCC(c1cc(C(C)(C)C)cc(C(C)(C)C)c1)C1C[C@@H]1O. The molecule has 1 aromatic carbocycles. The lowest BCUT2D eigenvalue weighted by molar-refractivity contribution is 0.248. The summed E-state index contributed by atoms with van der Waals surface area (Å²) in [6.07, 6.45) is 3.26. The smallest absolute Gasteiger partial charge is 0.0579 e. The van der Waals surface area contributed by atoms with Crippen LogP contribution in [-0.2, 0) is 10.8 Å². The molecule has 2 rings (SSSR count). The quantitative estimate of drug-likeness (QED) is 0.773. The number of hydrogen-bond donors (Lipinski definition) is 1. The van der Waals surface area contributed by atoms with Crippen LogP contribution in [0.25, 0.3) is 0 Å². The second-order valence-electron chi connectivity index (χ2n) is 9.21. The maximum absolute atomic E-state index is 9.94. The Morgan fingerprint density at radius 1 is 1.00 bits per heavy atom. The molecule has 1 aliphatic rings. The highest BCUT2D eigenvalue weighted by Gasteiger charge is 2.42. The summed E-state index contributed by atoms with van der Waals surface area (Å²) in [5.74, 6) is 0.992. The molecule has 1 saturated carbocycles. The maximum atomic E-state index is 9.94. The molecule has 2 unspecified atom stereocenters. The van der Waals surface area contributed by atoms with Gasteiger partial charge in [0.15, 0.2) is 0 Å². The van der Waals surface area contributed by atoms with E-state index in [-0.39, 0.29) is 16.9 Å². The fourth-order valence-electron chi connectivity index (χ4n) is 3.30. The summed E-state index contributed by atoms with van der Waals surface area (Å²) in [6, 6.07) is 7.19. The number of aliphatic hydroxyl groups is 1. The van der Waals surface area contributed by atoms with Gasteiger partial charge >= 0.3 is 0 Å². The van der Waals surface area contributed by atoms with Gasteiger partial charge in [0, 0.05) is 0 Å². The summed E-state index contributed by atoms with van der Waals surface area (Å²) in [6.45, 7) is 16.0. The lowest BCUT2D eigenvalue weighted by Gasteiger charge is -2.28. The van der Waals surface area contributed by atoms with Gasteiger partial charge in [-0.15, -0.1) is 0 Å². The Morgan fingerprint density at radius 3 is 1.77 bits per heavy atom. The van der Waals surface area contributed by atoms with Gasteiger partial charge in [-0.1, -0.05) is 73.1 Å². The topological polar surface area (TPSA) is 20.2 Å². The fourth-order valence-corrected chi connectivity index (χ4v) is 3.30. The molecular formula is C21H34O. The third kappa shape index (κ3) is 3.93. The molecule has 0 heterocycles. The molecule has 0 spiro atoms. The highest BCUT2D eigenvalue weighted by atomic mass is 16.3. The minimum atomic E-state index is -0.0760. The molecule has 0 radical (unpaired) electrons. The van der Waals surface area contributed by atoms with Crippen molar-refractivity contribution in [1.29, 1.82) is 0 Å². The molecule has 1 N–H and O–H groups in total. The van der Waals surface area contributed by atoms with Crippen LogP contribution in [0.5, 0.6) is 0 Å². The first-order chi connectivity index (χ1) is 10.0. The van der Waals surface area contributed by atoms with Crippen molar-refractivity contribution >= 4 is 0 Å². The molecule has 1 nitrogen and oxygen atoms in total. The first-order valence-electron chi connectivity index (χ1n) is 8.88. The number of aliphatic hydroxyl groups excluding tert-OH is 1. The van der Waals surface area contributed by atoms with Gasteiger partial charge in [0.05, 0.1) is 6.10 Å². The minimum absolute atomic E-state index is 0.0760. The predicted octanol–water partition coefficient (Wildman–Crippen LogP) is 5.55. The Morgan fingerprint density at radius 2 is 1.45 bits per heavy atom. The zero-order valence-corrected chi connectivity index (χ0v) is 15.5. The van der Waals surface area contributed by atoms with Crippen molar-refractivity contribution in [2.24, 2.45) is 5.92 Å². The van der Waals surface area contributed by atoms with E-state index in [1.165, 1.54) is 29.5 Å². The number of rotatable bonds is 4. The van der Waals surface area contributed by atoms with Gasteiger partial charge < -0.3 is 5.11 Å². The first kappa shape index (κ1) is 17.5. The standard InChI is InChI=1S/C21H34O/c1-8-9-17(18-13-19(18)22)14-10-15(20(2,3)4)12-16(11-14)21(5,6)7/h10-12,17-19,22H,8-9,13H2,1-7H3/t17?,18?,19-/m0/s1. The van der Waals surface area contributed by atoms with Crippen LogP contribution in [0, 0.1) is 5.92 Å². The van der Waals surface area contributed by atoms with Gasteiger partial charge in [-0.25, -0.2) is 0 Å². The van der Waals surface area contributed by atoms with E-state index in [4.69, 9.17) is 0 Å². The van der Waals surface area contributed by atoms with Crippen molar-refractivity contribution in [3.8, 4) is 0 Å². The van der Waals surface area contributed by atoms with Crippen molar-refractivity contribution in [2.75, 3.05) is 0 Å². The van der Waals surface area contributed by atoms with E-state index in [1.54, 1.807) is 0 Å². The van der Waals surface area contributed by atoms with E-state index in [2.05, 4.69) is 66.7 Å². The summed E-state index contributed by atoms with van der Waals surface area (Å²) in [7, 11) is 0. The lowest BCUT2D eigenvalue weighted by atomic mass is 9.77. The van der Waals surface area contributed by atoms with Gasteiger partial charge in [-0.3, -0.25) is 0 Å². The van der Waals surface area contributed by atoms with Crippen LogP contribution in [0.3, 0.4) is 0 Å². The fraction of sp³-hybridized carbons (Fsp3) is 0.714. The molecule has 1 heteroatoms. The van der Waals surface area contributed by atoms with Gasteiger partial charge in [0.25, 0.3) is 0 Å². The van der Waals surface area contributed by atoms with Crippen LogP contribution in [0.2, 0.25) is 0 Å². The van der Waals surface area contributed by atoms with Crippen LogP contribution in [0.1, 0.15) is 90.3 Å². The van der Waals surface area contributed by atoms with E-state index in [1.807, 2.05) is 0 Å². The largest absolute Gasteiger partial charge is 0.393 e. The van der Waals surface area contributed by atoms with E-state index in [0.717, 1.165) is 6.42 Å². The normalized spacial score (nSPS) is 23.5. The maximum Gasteiger partial charge on any atom is 0.0579 e. The van der Waals surface area contributed by atoms with Gasteiger partial charge in [0.1, 0.15) is 0 Å². The number of hydrogen-bond acceptors (Lipinski definition) is 1. The molecule has 3 atom stereocenters. The van der Waals surface area contributed by atoms with Crippen molar-refractivity contribution in [2.45, 2.75) is 90.6 Å². The average molecular weight is 303 g/mol. The van der Waals surface area contributed by atoms with E-state index in [0.29, 0.717) is 11.8 Å². The Hall–Kier alpha value is -0.820. The molecule has 124 valence electrons. The average Bonchev–Trinajstić information content (AvgIpc) is 3.10. The molecule has 22 heavy (non-hydrogen) atoms. The summed E-state index contributed by atoms with van der Waals surface area (Å²) in [4.78, 5) is 0. The third-order valence-corrected chi connectivity index (χ3v) is 5.04. The van der Waals surface area contributed by atoms with E-state index >= 15 is 0 Å². The minimum Gasteiger partial charge on any atom is -0.393 e. The van der Waals surface area contributed by atoms with Crippen molar-refractivity contribution in [1.82, 2.24) is 0 Å². The van der Waals surface area contributed by atoms with Gasteiger partial charge in [0.2, 0.25) is 0 Å². The molecule has 1 aliphatic carbocycles. The highest BCUT2D eigenvalue weighted by molar-refractivity contribution is 5.39. The Kier molecular flexibility index (Phi) is 4.78. The predicted molar refractivity (Wildman–Crippen MR) is 95.6 cm³/mol. The molecule has 1 aromatic rings. The zero-order valence-electron chi connectivity index (χ0n) is 15.5. The molecule has 0 aromatic heterocycles.